The van der Waals surface area contributed by atoms with Gasteiger partial charge in [-0.2, -0.15) is 0 Å². The fourth-order valence-corrected chi connectivity index (χ4v) is 5.26. The van der Waals surface area contributed by atoms with E-state index in [9.17, 15) is 13.2 Å². The Hall–Kier alpha value is -4.24. The highest BCUT2D eigenvalue weighted by Crippen LogP contribution is 2.31. The first-order valence-corrected chi connectivity index (χ1v) is 13.1. The van der Waals surface area contributed by atoms with E-state index in [1.54, 1.807) is 66.7 Å². The second-order valence-electron chi connectivity index (χ2n) is 8.53. The van der Waals surface area contributed by atoms with Crippen LogP contribution in [0.4, 0.5) is 11.4 Å². The third-order valence-corrected chi connectivity index (χ3v) is 7.10. The lowest BCUT2D eigenvalue weighted by atomic mass is 10.1. The number of rotatable bonds is 11. The van der Waals surface area contributed by atoms with Gasteiger partial charge < -0.3 is 19.5 Å². The first-order valence-electron chi connectivity index (χ1n) is 11.6. The number of fused-ring (bicyclic) bond motifs is 1. The molecule has 0 unspecified atom stereocenters. The molecule has 8 nitrogen and oxygen atoms in total. The van der Waals surface area contributed by atoms with Gasteiger partial charge in [-0.1, -0.05) is 42.5 Å². The fourth-order valence-electron chi connectivity index (χ4n) is 3.98. The number of hydrogen-bond donors (Lipinski definition) is 2. The van der Waals surface area contributed by atoms with E-state index in [4.69, 9.17) is 14.6 Å². The molecule has 4 rings (SSSR count). The molecule has 0 aliphatic carbocycles. The van der Waals surface area contributed by atoms with E-state index in [0.717, 1.165) is 11.1 Å². The zero-order valence-electron chi connectivity index (χ0n) is 20.5. The Morgan fingerprint density at radius 3 is 2.24 bits per heavy atom. The quantitative estimate of drug-likeness (QED) is 0.274. The number of nitrogens with one attached hydrogen (secondary N) is 1. The lowest BCUT2D eigenvalue weighted by Gasteiger charge is -2.17. The van der Waals surface area contributed by atoms with Crippen LogP contribution < -0.4 is 19.1 Å². The van der Waals surface area contributed by atoms with E-state index >= 15 is 0 Å². The molecule has 192 valence electrons. The summed E-state index contributed by atoms with van der Waals surface area (Å²) in [4.78, 5) is 13.2. The van der Waals surface area contributed by atoms with E-state index in [2.05, 4.69) is 4.72 Å². The van der Waals surface area contributed by atoms with Crippen LogP contribution in [0.1, 0.15) is 5.56 Å². The number of carboxylic acids is 1. The van der Waals surface area contributed by atoms with Gasteiger partial charge in [0.1, 0.15) is 24.7 Å². The summed E-state index contributed by atoms with van der Waals surface area (Å²) in [6, 6.07) is 24.4. The lowest BCUT2D eigenvalue weighted by Crippen LogP contribution is -2.14. The van der Waals surface area contributed by atoms with Crippen molar-refractivity contribution in [1.82, 2.24) is 0 Å². The number of para-hydroxylation sites is 1. The van der Waals surface area contributed by atoms with Crippen LogP contribution >= 0.6 is 0 Å². The number of carboxylic acid groups (broad SMARTS) is 1. The number of aliphatic carboxylic acids is 1. The highest BCUT2D eigenvalue weighted by Gasteiger charge is 2.19. The van der Waals surface area contributed by atoms with Gasteiger partial charge in [0.15, 0.2) is 0 Å². The van der Waals surface area contributed by atoms with Gasteiger partial charge in [-0.05, 0) is 42.5 Å². The van der Waals surface area contributed by atoms with Gasteiger partial charge in [0.25, 0.3) is 10.0 Å². The van der Waals surface area contributed by atoms with Crippen molar-refractivity contribution in [3.63, 3.8) is 0 Å². The summed E-state index contributed by atoms with van der Waals surface area (Å²) in [5.41, 5.74) is 1.94. The van der Waals surface area contributed by atoms with Crippen LogP contribution in [0.5, 0.6) is 11.5 Å². The normalized spacial score (nSPS) is 11.2. The molecule has 0 radical (unpaired) electrons. The summed E-state index contributed by atoms with van der Waals surface area (Å²) >= 11 is 0. The van der Waals surface area contributed by atoms with Gasteiger partial charge >= 0.3 is 5.97 Å². The summed E-state index contributed by atoms with van der Waals surface area (Å²) in [5.74, 6) is 0.123. The Labute approximate surface area is 216 Å². The van der Waals surface area contributed by atoms with Gasteiger partial charge in [0.05, 0.1) is 11.3 Å². The zero-order chi connectivity index (χ0) is 26.4. The zero-order valence-corrected chi connectivity index (χ0v) is 21.4. The maximum absolute atomic E-state index is 13.2. The summed E-state index contributed by atoms with van der Waals surface area (Å²) in [6.45, 7) is 0.456. The molecule has 0 fully saturated rings. The first-order chi connectivity index (χ1) is 17.7. The SMILES string of the molecule is CN(C)c1cccc2c(S(=O)(=O)Nc3ccc(OCCOc4ccccc4CC(=O)O)cc3)cccc12. The summed E-state index contributed by atoms with van der Waals surface area (Å²) in [7, 11) is 0.00724. The maximum Gasteiger partial charge on any atom is 0.307 e. The van der Waals surface area contributed by atoms with Crippen LogP contribution in [-0.4, -0.2) is 46.8 Å². The molecule has 37 heavy (non-hydrogen) atoms. The number of hydrogen-bond acceptors (Lipinski definition) is 6. The fraction of sp³-hybridized carbons (Fsp3) is 0.179. The number of carbonyl (C=O) groups is 1. The van der Waals surface area contributed by atoms with Gasteiger partial charge in [0, 0.05) is 41.8 Å². The van der Waals surface area contributed by atoms with Crippen molar-refractivity contribution in [3.05, 3.63) is 90.5 Å². The molecule has 0 bridgehead atoms. The molecule has 9 heteroatoms. The van der Waals surface area contributed by atoms with Crippen molar-refractivity contribution in [1.29, 1.82) is 0 Å². The molecule has 0 aromatic heterocycles. The summed E-state index contributed by atoms with van der Waals surface area (Å²) in [5, 5.41) is 10.5. The molecule has 0 amide bonds. The smallest absolute Gasteiger partial charge is 0.307 e. The topological polar surface area (TPSA) is 105 Å². The molecular weight excluding hydrogens is 492 g/mol. The van der Waals surface area contributed by atoms with E-state index in [0.29, 0.717) is 28.1 Å². The molecule has 0 aliphatic rings. The number of benzene rings is 4. The minimum Gasteiger partial charge on any atom is -0.490 e. The number of nitrogens with zero attached hydrogens (tertiary/aromatic N) is 1. The molecule has 0 saturated carbocycles. The van der Waals surface area contributed by atoms with Crippen LogP contribution in [0.15, 0.2) is 89.8 Å². The number of anilines is 2. The van der Waals surface area contributed by atoms with Gasteiger partial charge in [-0.3, -0.25) is 9.52 Å². The predicted molar refractivity (Wildman–Crippen MR) is 144 cm³/mol. The van der Waals surface area contributed by atoms with Crippen LogP contribution in [0, 0.1) is 0 Å². The number of ether oxygens (including phenoxy) is 2. The highest BCUT2D eigenvalue weighted by atomic mass is 32.2. The molecule has 0 aliphatic heterocycles. The van der Waals surface area contributed by atoms with E-state index < -0.39 is 16.0 Å². The van der Waals surface area contributed by atoms with Gasteiger partial charge in [-0.15, -0.1) is 0 Å². The van der Waals surface area contributed by atoms with Crippen molar-refractivity contribution < 1.29 is 27.8 Å². The van der Waals surface area contributed by atoms with E-state index in [1.807, 2.05) is 37.2 Å². The van der Waals surface area contributed by atoms with Crippen LogP contribution in [0.2, 0.25) is 0 Å². The first kappa shape index (κ1) is 25.8. The molecular formula is C28H28N2O6S. The summed E-state index contributed by atoms with van der Waals surface area (Å²) < 4.78 is 40.4. The molecule has 0 heterocycles. The van der Waals surface area contributed by atoms with Crippen molar-refractivity contribution in [2.45, 2.75) is 11.3 Å². The summed E-state index contributed by atoms with van der Waals surface area (Å²) in [6.07, 6.45) is -0.121. The highest BCUT2D eigenvalue weighted by molar-refractivity contribution is 7.93. The monoisotopic (exact) mass is 520 g/mol. The Kier molecular flexibility index (Phi) is 7.83. The van der Waals surface area contributed by atoms with Crippen LogP contribution in [0.3, 0.4) is 0 Å². The minimum absolute atomic E-state index is 0.121. The predicted octanol–water partition coefficient (Wildman–Crippen LogP) is 4.79. The van der Waals surface area contributed by atoms with Crippen molar-refractivity contribution in [2.24, 2.45) is 0 Å². The molecule has 0 saturated heterocycles. The second-order valence-corrected chi connectivity index (χ2v) is 10.2. The van der Waals surface area contributed by atoms with Gasteiger partial charge in [0.2, 0.25) is 0 Å². The number of sulfonamides is 1. The third-order valence-electron chi connectivity index (χ3n) is 5.66. The maximum atomic E-state index is 13.2. The van der Waals surface area contributed by atoms with E-state index in [1.165, 1.54) is 0 Å². The van der Waals surface area contributed by atoms with Crippen molar-refractivity contribution >= 4 is 38.1 Å². The van der Waals surface area contributed by atoms with Crippen LogP contribution in [0.25, 0.3) is 10.8 Å². The molecule has 2 N–H and O–H groups in total. The average Bonchev–Trinajstić information content (AvgIpc) is 2.87. The van der Waals surface area contributed by atoms with Gasteiger partial charge in [-0.25, -0.2) is 8.42 Å². The largest absolute Gasteiger partial charge is 0.490 e. The molecule has 0 atom stereocenters. The van der Waals surface area contributed by atoms with Crippen LogP contribution in [-0.2, 0) is 21.2 Å². The molecule has 0 spiro atoms. The standard InChI is InChI=1S/C28H28N2O6S/c1-30(2)25-10-5-9-24-23(25)8-6-12-27(24)37(33,34)29-21-13-15-22(16-14-21)35-17-18-36-26-11-4-3-7-20(26)19-28(31)32/h3-16,29H,17-19H2,1-2H3,(H,31,32). The lowest BCUT2D eigenvalue weighted by molar-refractivity contribution is -0.136. The van der Waals surface area contributed by atoms with E-state index in [-0.39, 0.29) is 24.5 Å². The molecule has 4 aromatic rings. The Bertz CT molecular complexity index is 1500. The average molecular weight is 521 g/mol. The second kappa shape index (κ2) is 11.2. The third kappa shape index (κ3) is 6.31. The Morgan fingerprint density at radius 1 is 0.838 bits per heavy atom. The Morgan fingerprint density at radius 2 is 1.51 bits per heavy atom. The minimum atomic E-state index is -3.83. The van der Waals surface area contributed by atoms with Crippen molar-refractivity contribution in [3.8, 4) is 11.5 Å². The van der Waals surface area contributed by atoms with Crippen molar-refractivity contribution in [2.75, 3.05) is 36.9 Å². The Balaban J connectivity index is 1.39. The molecule has 4 aromatic carbocycles.